The number of carboxylic acid groups (broad SMARTS) is 1. The zero-order valence-corrected chi connectivity index (χ0v) is 13.1. The molecule has 0 saturated carbocycles. The van der Waals surface area contributed by atoms with E-state index in [1.54, 1.807) is 38.4 Å². The number of aliphatic carboxylic acids is 1. The summed E-state index contributed by atoms with van der Waals surface area (Å²) in [4.78, 5) is 29.4. The number of nitrogens with zero attached hydrogens (tertiary/aromatic N) is 2. The van der Waals surface area contributed by atoms with E-state index in [1.165, 1.54) is 4.90 Å². The lowest BCUT2D eigenvalue weighted by molar-refractivity contribution is -0.146. The fraction of sp³-hybridized carbons (Fsp3) is 0.286. The van der Waals surface area contributed by atoms with Gasteiger partial charge in [0.25, 0.3) is 5.91 Å². The molecule has 1 aliphatic heterocycles. The fourth-order valence-corrected chi connectivity index (χ4v) is 3.36. The van der Waals surface area contributed by atoms with Gasteiger partial charge in [-0.3, -0.25) is 14.7 Å². The maximum absolute atomic E-state index is 12.4. The number of thioether (sulfide) groups is 1. The SMILES string of the molecule is CC(C)[C@@H](C(=O)O)N1C(=O)/C(=C/c2cccnc2)SC1=S. The Kier molecular flexibility index (Phi) is 4.74. The van der Waals surface area contributed by atoms with Crippen molar-refractivity contribution in [3.63, 3.8) is 0 Å². The summed E-state index contributed by atoms with van der Waals surface area (Å²) in [5.41, 5.74) is 0.773. The molecule has 0 unspecified atom stereocenters. The van der Waals surface area contributed by atoms with E-state index < -0.39 is 12.0 Å². The van der Waals surface area contributed by atoms with E-state index in [0.29, 0.717) is 4.91 Å². The highest BCUT2D eigenvalue weighted by Gasteiger charge is 2.41. The Bertz CT molecular complexity index is 614. The Balaban J connectivity index is 2.32. The lowest BCUT2D eigenvalue weighted by Crippen LogP contribution is -2.47. The monoisotopic (exact) mass is 322 g/mol. The molecule has 1 aromatic rings. The first-order valence-electron chi connectivity index (χ1n) is 6.31. The molecule has 21 heavy (non-hydrogen) atoms. The number of aromatic nitrogens is 1. The summed E-state index contributed by atoms with van der Waals surface area (Å²) in [6.07, 6.45) is 4.94. The Labute approximate surface area is 132 Å². The summed E-state index contributed by atoms with van der Waals surface area (Å²) >= 11 is 6.29. The highest BCUT2D eigenvalue weighted by Crippen LogP contribution is 2.35. The van der Waals surface area contributed by atoms with Gasteiger partial charge in [-0.25, -0.2) is 4.79 Å². The van der Waals surface area contributed by atoms with Crippen molar-refractivity contribution in [2.75, 3.05) is 0 Å². The fourth-order valence-electron chi connectivity index (χ4n) is 2.03. The van der Waals surface area contributed by atoms with Crippen molar-refractivity contribution in [2.24, 2.45) is 5.92 Å². The van der Waals surface area contributed by atoms with Gasteiger partial charge < -0.3 is 5.11 Å². The molecule has 0 spiro atoms. The van der Waals surface area contributed by atoms with Crippen LogP contribution in [0.25, 0.3) is 6.08 Å². The first kappa shape index (κ1) is 15.7. The van der Waals surface area contributed by atoms with Crippen molar-refractivity contribution < 1.29 is 14.7 Å². The molecular weight excluding hydrogens is 308 g/mol. The van der Waals surface area contributed by atoms with Crippen LogP contribution in [0.4, 0.5) is 0 Å². The summed E-state index contributed by atoms with van der Waals surface area (Å²) in [5.74, 6) is -1.65. The molecule has 0 radical (unpaired) electrons. The van der Waals surface area contributed by atoms with E-state index in [1.807, 2.05) is 6.07 Å². The minimum atomic E-state index is -1.05. The zero-order valence-electron chi connectivity index (χ0n) is 11.5. The highest BCUT2D eigenvalue weighted by atomic mass is 32.2. The summed E-state index contributed by atoms with van der Waals surface area (Å²) < 4.78 is 0.274. The van der Waals surface area contributed by atoms with E-state index in [0.717, 1.165) is 17.3 Å². The smallest absolute Gasteiger partial charge is 0.327 e. The van der Waals surface area contributed by atoms with Crippen LogP contribution in [0.3, 0.4) is 0 Å². The summed E-state index contributed by atoms with van der Waals surface area (Å²) in [6, 6.07) is 2.63. The van der Waals surface area contributed by atoms with Crippen molar-refractivity contribution in [3.05, 3.63) is 35.0 Å². The average Bonchev–Trinajstić information content (AvgIpc) is 2.67. The third kappa shape index (κ3) is 3.30. The largest absolute Gasteiger partial charge is 0.480 e. The third-order valence-corrected chi connectivity index (χ3v) is 4.30. The van der Waals surface area contributed by atoms with Gasteiger partial charge in [0.2, 0.25) is 0 Å². The Hall–Kier alpha value is -1.73. The molecule has 1 atom stereocenters. The number of pyridine rings is 1. The van der Waals surface area contributed by atoms with Gasteiger partial charge in [0.05, 0.1) is 4.91 Å². The highest BCUT2D eigenvalue weighted by molar-refractivity contribution is 8.26. The molecule has 2 heterocycles. The molecular formula is C14H14N2O3S2. The second kappa shape index (κ2) is 6.36. The van der Waals surface area contributed by atoms with Gasteiger partial charge in [-0.1, -0.05) is 43.9 Å². The molecule has 0 bridgehead atoms. The van der Waals surface area contributed by atoms with Gasteiger partial charge in [0.1, 0.15) is 10.4 Å². The number of hydrogen-bond donors (Lipinski definition) is 1. The number of thiocarbonyl (C=S) groups is 1. The van der Waals surface area contributed by atoms with Crippen molar-refractivity contribution in [3.8, 4) is 0 Å². The van der Waals surface area contributed by atoms with Gasteiger partial charge in [-0.2, -0.15) is 0 Å². The third-order valence-electron chi connectivity index (χ3n) is 2.97. The second-order valence-corrected chi connectivity index (χ2v) is 6.54. The minimum absolute atomic E-state index is 0.234. The lowest BCUT2D eigenvalue weighted by atomic mass is 10.0. The molecule has 0 aromatic carbocycles. The standard InChI is InChI=1S/C14H14N2O3S2/c1-8(2)11(13(18)19)16-12(17)10(21-14(16)20)6-9-4-3-5-15-7-9/h3-8,11H,1-2H3,(H,18,19)/b10-6-/t11-/m0/s1. The molecule has 110 valence electrons. The van der Waals surface area contributed by atoms with Crippen molar-refractivity contribution >= 4 is 46.3 Å². The molecule has 1 aromatic heterocycles. The first-order chi connectivity index (χ1) is 9.91. The minimum Gasteiger partial charge on any atom is -0.480 e. The molecule has 7 heteroatoms. The number of rotatable bonds is 4. The molecule has 1 aliphatic rings. The van der Waals surface area contributed by atoms with Crippen LogP contribution in [0, 0.1) is 5.92 Å². The summed E-state index contributed by atoms with van der Waals surface area (Å²) in [7, 11) is 0. The van der Waals surface area contributed by atoms with Crippen LogP contribution in [0.2, 0.25) is 0 Å². The number of carbonyl (C=O) groups excluding carboxylic acids is 1. The van der Waals surface area contributed by atoms with Crippen LogP contribution in [0.1, 0.15) is 19.4 Å². The van der Waals surface area contributed by atoms with Crippen LogP contribution in [0.5, 0.6) is 0 Å². The van der Waals surface area contributed by atoms with Gasteiger partial charge in [-0.15, -0.1) is 0 Å². The number of hydrogen-bond acceptors (Lipinski definition) is 5. The topological polar surface area (TPSA) is 70.5 Å². The van der Waals surface area contributed by atoms with Crippen molar-refractivity contribution in [2.45, 2.75) is 19.9 Å². The molecule has 1 fully saturated rings. The van der Waals surface area contributed by atoms with E-state index in [9.17, 15) is 14.7 Å². The van der Waals surface area contributed by atoms with Crippen LogP contribution in [-0.2, 0) is 9.59 Å². The number of carbonyl (C=O) groups is 2. The van der Waals surface area contributed by atoms with E-state index in [4.69, 9.17) is 12.2 Å². The maximum atomic E-state index is 12.4. The number of carboxylic acids is 1. The van der Waals surface area contributed by atoms with Crippen LogP contribution in [0.15, 0.2) is 29.4 Å². The van der Waals surface area contributed by atoms with Crippen molar-refractivity contribution in [1.29, 1.82) is 0 Å². The van der Waals surface area contributed by atoms with Crippen LogP contribution < -0.4 is 0 Å². The van der Waals surface area contributed by atoms with E-state index in [2.05, 4.69) is 4.98 Å². The van der Waals surface area contributed by atoms with Crippen LogP contribution >= 0.6 is 24.0 Å². The Morgan fingerprint density at radius 3 is 2.76 bits per heavy atom. The van der Waals surface area contributed by atoms with Gasteiger partial charge in [0.15, 0.2) is 0 Å². The van der Waals surface area contributed by atoms with Gasteiger partial charge >= 0.3 is 5.97 Å². The molecule has 1 saturated heterocycles. The zero-order chi connectivity index (χ0) is 15.6. The first-order valence-corrected chi connectivity index (χ1v) is 7.54. The van der Waals surface area contributed by atoms with E-state index >= 15 is 0 Å². The second-order valence-electron chi connectivity index (χ2n) is 4.87. The molecule has 2 rings (SSSR count). The lowest BCUT2D eigenvalue weighted by Gasteiger charge is -2.26. The predicted molar refractivity (Wildman–Crippen MR) is 85.5 cm³/mol. The normalized spacial score (nSPS) is 18.6. The molecule has 1 N–H and O–H groups in total. The van der Waals surface area contributed by atoms with Gasteiger partial charge in [-0.05, 0) is 23.6 Å². The summed E-state index contributed by atoms with van der Waals surface area (Å²) in [5, 5.41) is 9.32. The quantitative estimate of drug-likeness (QED) is 0.678. The average molecular weight is 322 g/mol. The molecule has 1 amide bonds. The predicted octanol–water partition coefficient (Wildman–Crippen LogP) is 2.39. The van der Waals surface area contributed by atoms with Crippen molar-refractivity contribution in [1.82, 2.24) is 9.88 Å². The molecule has 0 aliphatic carbocycles. The maximum Gasteiger partial charge on any atom is 0.327 e. The van der Waals surface area contributed by atoms with Gasteiger partial charge in [0, 0.05) is 12.4 Å². The van der Waals surface area contributed by atoms with E-state index in [-0.39, 0.29) is 16.1 Å². The summed E-state index contributed by atoms with van der Waals surface area (Å²) in [6.45, 7) is 3.50. The Morgan fingerprint density at radius 1 is 1.52 bits per heavy atom. The Morgan fingerprint density at radius 2 is 2.24 bits per heavy atom. The van der Waals surface area contributed by atoms with Crippen LogP contribution in [-0.4, -0.2) is 37.2 Å². The molecule has 5 nitrogen and oxygen atoms in total. The number of amides is 1.